The van der Waals surface area contributed by atoms with Crippen LogP contribution in [0.5, 0.6) is 0 Å². The molecule has 3 rings (SSSR count). The molecule has 1 unspecified atom stereocenters. The molecule has 1 aliphatic heterocycles. The number of benzene rings is 1. The maximum Gasteiger partial charge on any atom is 0.220 e. The minimum Gasteiger partial charge on any atom is -0.379 e. The maximum atomic E-state index is 12.7. The molecule has 2 heterocycles. The Morgan fingerprint density at radius 3 is 2.56 bits per heavy atom. The molecule has 1 amide bonds. The summed E-state index contributed by atoms with van der Waals surface area (Å²) in [7, 11) is 1.94. The molecule has 6 nitrogen and oxygen atoms in total. The first kappa shape index (κ1) is 19.6. The molecule has 1 N–H and O–H groups in total. The predicted octanol–water partition coefficient (Wildman–Crippen LogP) is 2.16. The summed E-state index contributed by atoms with van der Waals surface area (Å²) < 4.78 is 7.33. The van der Waals surface area contributed by atoms with Crippen molar-refractivity contribution in [3.05, 3.63) is 52.8 Å². The van der Waals surface area contributed by atoms with E-state index in [1.54, 1.807) is 0 Å². The van der Waals surface area contributed by atoms with E-state index in [2.05, 4.69) is 34.4 Å². The lowest BCUT2D eigenvalue weighted by molar-refractivity contribution is -0.122. The van der Waals surface area contributed by atoms with Crippen molar-refractivity contribution >= 4 is 5.91 Å². The van der Waals surface area contributed by atoms with Crippen LogP contribution in [0.2, 0.25) is 0 Å². The summed E-state index contributed by atoms with van der Waals surface area (Å²) in [6, 6.07) is 10.2. The summed E-state index contributed by atoms with van der Waals surface area (Å²) in [6.07, 6.45) is 1.19. The minimum absolute atomic E-state index is 0.00658. The van der Waals surface area contributed by atoms with Crippen LogP contribution in [0.1, 0.15) is 35.0 Å². The standard InChI is InChI=1S/C21H30N4O2/c1-16-19(17(2)24(3)23-16)9-10-21(26)22-20(18-7-5-4-6-8-18)15-25-11-13-27-14-12-25/h4-8,20H,9-15H2,1-3H3,(H,22,26). The highest BCUT2D eigenvalue weighted by Crippen LogP contribution is 2.17. The van der Waals surface area contributed by atoms with Crippen LogP contribution < -0.4 is 5.32 Å². The van der Waals surface area contributed by atoms with Crippen molar-refractivity contribution in [2.24, 2.45) is 7.05 Å². The summed E-state index contributed by atoms with van der Waals surface area (Å²) in [6.45, 7) is 8.21. The minimum atomic E-state index is -0.00658. The van der Waals surface area contributed by atoms with Crippen LogP contribution in [0.25, 0.3) is 0 Å². The molecule has 1 aliphatic rings. The molecule has 1 fully saturated rings. The van der Waals surface area contributed by atoms with Crippen LogP contribution in [-0.2, 0) is 23.0 Å². The number of amides is 1. The van der Waals surface area contributed by atoms with Gasteiger partial charge in [-0.1, -0.05) is 30.3 Å². The Morgan fingerprint density at radius 2 is 1.93 bits per heavy atom. The van der Waals surface area contributed by atoms with Gasteiger partial charge in [-0.3, -0.25) is 14.4 Å². The maximum absolute atomic E-state index is 12.7. The summed E-state index contributed by atoms with van der Waals surface area (Å²) in [5.41, 5.74) is 4.46. The molecule has 6 heteroatoms. The van der Waals surface area contributed by atoms with E-state index in [1.807, 2.05) is 36.9 Å². The largest absolute Gasteiger partial charge is 0.379 e. The number of morpholine rings is 1. The van der Waals surface area contributed by atoms with Crippen molar-refractivity contribution < 1.29 is 9.53 Å². The van der Waals surface area contributed by atoms with Gasteiger partial charge in [0.05, 0.1) is 24.9 Å². The second-order valence-electron chi connectivity index (χ2n) is 7.22. The fourth-order valence-electron chi connectivity index (χ4n) is 3.65. The Balaban J connectivity index is 1.63. The lowest BCUT2D eigenvalue weighted by Gasteiger charge is -2.31. The van der Waals surface area contributed by atoms with Gasteiger partial charge in [0.1, 0.15) is 0 Å². The Bertz CT molecular complexity index is 751. The molecular formula is C21H30N4O2. The zero-order valence-corrected chi connectivity index (χ0v) is 16.6. The molecule has 0 spiro atoms. The van der Waals surface area contributed by atoms with E-state index in [4.69, 9.17) is 4.74 Å². The average molecular weight is 370 g/mol. The molecule has 1 saturated heterocycles. The zero-order valence-electron chi connectivity index (χ0n) is 16.6. The van der Waals surface area contributed by atoms with Crippen LogP contribution in [0, 0.1) is 13.8 Å². The van der Waals surface area contributed by atoms with Crippen molar-refractivity contribution in [3.63, 3.8) is 0 Å². The molecule has 27 heavy (non-hydrogen) atoms. The van der Waals surface area contributed by atoms with E-state index in [-0.39, 0.29) is 11.9 Å². The van der Waals surface area contributed by atoms with Gasteiger partial charge < -0.3 is 10.1 Å². The van der Waals surface area contributed by atoms with Crippen molar-refractivity contribution in [1.82, 2.24) is 20.0 Å². The highest BCUT2D eigenvalue weighted by atomic mass is 16.5. The van der Waals surface area contributed by atoms with E-state index in [1.165, 1.54) is 5.56 Å². The van der Waals surface area contributed by atoms with E-state index in [9.17, 15) is 4.79 Å². The first-order chi connectivity index (χ1) is 13.0. The van der Waals surface area contributed by atoms with Crippen molar-refractivity contribution in [3.8, 4) is 0 Å². The molecular weight excluding hydrogens is 340 g/mol. The number of hydrogen-bond acceptors (Lipinski definition) is 4. The second kappa shape index (κ2) is 9.15. The fourth-order valence-corrected chi connectivity index (χ4v) is 3.65. The quantitative estimate of drug-likeness (QED) is 0.811. The van der Waals surface area contributed by atoms with Gasteiger partial charge in [-0.15, -0.1) is 0 Å². The summed E-state index contributed by atoms with van der Waals surface area (Å²) >= 11 is 0. The second-order valence-corrected chi connectivity index (χ2v) is 7.22. The van der Waals surface area contributed by atoms with Crippen molar-refractivity contribution in [2.75, 3.05) is 32.8 Å². The molecule has 1 aromatic carbocycles. The predicted molar refractivity (Wildman–Crippen MR) is 106 cm³/mol. The third kappa shape index (κ3) is 5.17. The first-order valence-corrected chi connectivity index (χ1v) is 9.68. The fraction of sp³-hybridized carbons (Fsp3) is 0.524. The van der Waals surface area contributed by atoms with Crippen LogP contribution in [-0.4, -0.2) is 53.4 Å². The third-order valence-electron chi connectivity index (χ3n) is 5.34. The lowest BCUT2D eigenvalue weighted by atomic mass is 10.0. The smallest absolute Gasteiger partial charge is 0.220 e. The number of carbonyl (C=O) groups excluding carboxylic acids is 1. The number of nitrogens with zero attached hydrogens (tertiary/aromatic N) is 3. The molecule has 0 saturated carbocycles. The molecule has 0 aliphatic carbocycles. The van der Waals surface area contributed by atoms with E-state index >= 15 is 0 Å². The van der Waals surface area contributed by atoms with Crippen molar-refractivity contribution in [2.45, 2.75) is 32.7 Å². The zero-order chi connectivity index (χ0) is 19.2. The monoisotopic (exact) mass is 370 g/mol. The van der Waals surface area contributed by atoms with E-state index in [0.717, 1.165) is 56.2 Å². The number of hydrogen-bond donors (Lipinski definition) is 1. The molecule has 2 aromatic rings. The van der Waals surface area contributed by atoms with Gasteiger partial charge in [-0.2, -0.15) is 5.10 Å². The van der Waals surface area contributed by atoms with Gasteiger partial charge in [-0.05, 0) is 31.4 Å². The molecule has 1 atom stereocenters. The van der Waals surface area contributed by atoms with Crippen LogP contribution >= 0.6 is 0 Å². The van der Waals surface area contributed by atoms with Gasteiger partial charge >= 0.3 is 0 Å². The normalized spacial score (nSPS) is 16.3. The van der Waals surface area contributed by atoms with E-state index in [0.29, 0.717) is 6.42 Å². The third-order valence-corrected chi connectivity index (χ3v) is 5.34. The van der Waals surface area contributed by atoms with Gasteiger partial charge in [-0.25, -0.2) is 0 Å². The summed E-state index contributed by atoms with van der Waals surface area (Å²) in [5, 5.41) is 7.69. The van der Waals surface area contributed by atoms with Gasteiger partial charge in [0, 0.05) is 38.8 Å². The Labute approximate surface area is 161 Å². The average Bonchev–Trinajstić information content (AvgIpc) is 2.92. The Hall–Kier alpha value is -2.18. The summed E-state index contributed by atoms with van der Waals surface area (Å²) in [5.74, 6) is 0.0831. The summed E-state index contributed by atoms with van der Waals surface area (Å²) in [4.78, 5) is 15.0. The van der Waals surface area contributed by atoms with Crippen LogP contribution in [0.3, 0.4) is 0 Å². The van der Waals surface area contributed by atoms with Crippen molar-refractivity contribution in [1.29, 1.82) is 0 Å². The highest BCUT2D eigenvalue weighted by Gasteiger charge is 2.20. The number of nitrogens with one attached hydrogen (secondary N) is 1. The first-order valence-electron chi connectivity index (χ1n) is 9.68. The van der Waals surface area contributed by atoms with E-state index < -0.39 is 0 Å². The Kier molecular flexibility index (Phi) is 6.63. The lowest BCUT2D eigenvalue weighted by Crippen LogP contribution is -2.43. The van der Waals surface area contributed by atoms with Crippen LogP contribution in [0.4, 0.5) is 0 Å². The SMILES string of the molecule is Cc1nn(C)c(C)c1CCC(=O)NC(CN1CCOCC1)c1ccccc1. The molecule has 0 radical (unpaired) electrons. The number of aromatic nitrogens is 2. The van der Waals surface area contributed by atoms with Gasteiger partial charge in [0.15, 0.2) is 0 Å². The van der Waals surface area contributed by atoms with Gasteiger partial charge in [0.2, 0.25) is 5.91 Å². The number of carbonyl (C=O) groups is 1. The molecule has 1 aromatic heterocycles. The Morgan fingerprint density at radius 1 is 1.22 bits per heavy atom. The topological polar surface area (TPSA) is 59.4 Å². The number of ether oxygens (including phenoxy) is 1. The number of rotatable bonds is 7. The molecule has 0 bridgehead atoms. The van der Waals surface area contributed by atoms with Crippen LogP contribution in [0.15, 0.2) is 30.3 Å². The molecule has 146 valence electrons. The number of aryl methyl sites for hydroxylation is 2. The van der Waals surface area contributed by atoms with Gasteiger partial charge in [0.25, 0.3) is 0 Å². The highest BCUT2D eigenvalue weighted by molar-refractivity contribution is 5.76.